The normalized spacial score (nSPS) is 11.1. The Morgan fingerprint density at radius 2 is 1.75 bits per heavy atom. The zero-order chi connectivity index (χ0) is 28.2. The second kappa shape index (κ2) is 11.7. The van der Waals surface area contributed by atoms with Crippen LogP contribution in [0.3, 0.4) is 0 Å². The zero-order valence-corrected chi connectivity index (χ0v) is 23.6. The summed E-state index contributed by atoms with van der Waals surface area (Å²) < 4.78 is 18.9. The van der Waals surface area contributed by atoms with Crippen LogP contribution in [0.1, 0.15) is 34.7 Å². The van der Waals surface area contributed by atoms with Crippen LogP contribution in [-0.2, 0) is 24.4 Å². The number of ether oxygens (including phenoxy) is 2. The van der Waals surface area contributed by atoms with E-state index in [2.05, 4.69) is 30.2 Å². The first-order valence-corrected chi connectivity index (χ1v) is 13.3. The Morgan fingerprint density at radius 1 is 0.950 bits per heavy atom. The highest BCUT2D eigenvalue weighted by Gasteiger charge is 2.22. The molecule has 0 unspecified atom stereocenters. The number of pyridine rings is 1. The maximum Gasteiger partial charge on any atom is 0.225 e. The smallest absolute Gasteiger partial charge is 0.225 e. The van der Waals surface area contributed by atoms with Crippen molar-refractivity contribution in [2.45, 2.75) is 46.8 Å². The number of methoxy groups -OCH3 is 2. The molecule has 5 aromatic rings. The van der Waals surface area contributed by atoms with E-state index in [1.54, 1.807) is 20.5 Å². The van der Waals surface area contributed by atoms with E-state index in [9.17, 15) is 4.79 Å². The lowest BCUT2D eigenvalue weighted by Gasteiger charge is -2.24. The van der Waals surface area contributed by atoms with Gasteiger partial charge >= 0.3 is 0 Å². The third kappa shape index (κ3) is 5.71. The fraction of sp³-hybridized carbons (Fsp3) is 0.281. The second-order valence-electron chi connectivity index (χ2n) is 9.96. The summed E-state index contributed by atoms with van der Waals surface area (Å²) >= 11 is 0. The lowest BCUT2D eigenvalue weighted by molar-refractivity contribution is -0.133. The standard InChI is InChI=1S/C32H34N4O4/c1-21-8-6-9-24(16-21)31-25(18-27-28(38-4)11-12-29(39-5)32(27)33-31)19-35(20-26-10-7-15-40-26)30(37)13-14-36-23(3)17-22(2)34-36/h6-12,15-18H,13-14,19-20H2,1-5H3. The van der Waals surface area contributed by atoms with Gasteiger partial charge in [0.15, 0.2) is 0 Å². The van der Waals surface area contributed by atoms with E-state index in [0.717, 1.165) is 39.2 Å². The van der Waals surface area contributed by atoms with Crippen LogP contribution in [0.4, 0.5) is 0 Å². The molecule has 0 fully saturated rings. The molecule has 8 nitrogen and oxygen atoms in total. The van der Waals surface area contributed by atoms with Crippen LogP contribution in [0, 0.1) is 20.8 Å². The summed E-state index contributed by atoms with van der Waals surface area (Å²) in [6, 6.07) is 19.7. The third-order valence-corrected chi connectivity index (χ3v) is 7.00. The molecule has 5 rings (SSSR count). The Kier molecular flexibility index (Phi) is 7.86. The lowest BCUT2D eigenvalue weighted by Crippen LogP contribution is -2.31. The first kappa shape index (κ1) is 27.0. The Hall–Kier alpha value is -4.59. The van der Waals surface area contributed by atoms with E-state index in [0.29, 0.717) is 48.8 Å². The summed E-state index contributed by atoms with van der Waals surface area (Å²) in [5.41, 5.74) is 6.45. The maximum absolute atomic E-state index is 13.7. The van der Waals surface area contributed by atoms with Gasteiger partial charge in [0.1, 0.15) is 22.8 Å². The number of aryl methyl sites for hydroxylation is 4. The number of furan rings is 1. The van der Waals surface area contributed by atoms with Crippen molar-refractivity contribution < 1.29 is 18.7 Å². The molecule has 0 saturated carbocycles. The third-order valence-electron chi connectivity index (χ3n) is 7.00. The Morgan fingerprint density at radius 3 is 2.42 bits per heavy atom. The van der Waals surface area contributed by atoms with E-state index in [1.165, 1.54) is 0 Å². The maximum atomic E-state index is 13.7. The van der Waals surface area contributed by atoms with E-state index >= 15 is 0 Å². The number of hydrogen-bond donors (Lipinski definition) is 0. The Balaban J connectivity index is 1.58. The molecule has 206 valence electrons. The Bertz CT molecular complexity index is 1640. The Labute approximate surface area is 234 Å². The summed E-state index contributed by atoms with van der Waals surface area (Å²) in [6.45, 7) is 7.18. The van der Waals surface area contributed by atoms with Crippen LogP contribution < -0.4 is 9.47 Å². The topological polar surface area (TPSA) is 82.6 Å². The summed E-state index contributed by atoms with van der Waals surface area (Å²) in [6.07, 6.45) is 1.93. The molecule has 1 amide bonds. The number of carbonyl (C=O) groups is 1. The van der Waals surface area contributed by atoms with E-state index in [-0.39, 0.29) is 5.91 Å². The molecular weight excluding hydrogens is 504 g/mol. The van der Waals surface area contributed by atoms with Gasteiger partial charge in [0.2, 0.25) is 5.91 Å². The van der Waals surface area contributed by atoms with Crippen LogP contribution in [0.2, 0.25) is 0 Å². The van der Waals surface area contributed by atoms with Crippen molar-refractivity contribution in [3.8, 4) is 22.8 Å². The van der Waals surface area contributed by atoms with Crippen LogP contribution >= 0.6 is 0 Å². The SMILES string of the molecule is COc1ccc(OC)c2nc(-c3cccc(C)c3)c(CN(Cc3ccco3)C(=O)CCn3nc(C)cc3C)cc12. The molecule has 0 radical (unpaired) electrons. The molecule has 0 bridgehead atoms. The summed E-state index contributed by atoms with van der Waals surface area (Å²) in [5.74, 6) is 2.06. The minimum atomic E-state index is -0.00292. The van der Waals surface area contributed by atoms with Crippen molar-refractivity contribution in [3.63, 3.8) is 0 Å². The van der Waals surface area contributed by atoms with Crippen molar-refractivity contribution >= 4 is 16.8 Å². The average molecular weight is 539 g/mol. The molecule has 3 aromatic heterocycles. The van der Waals surface area contributed by atoms with E-state index < -0.39 is 0 Å². The van der Waals surface area contributed by atoms with Crippen molar-refractivity contribution in [1.29, 1.82) is 0 Å². The molecule has 0 aliphatic heterocycles. The van der Waals surface area contributed by atoms with Gasteiger partial charge in [-0.25, -0.2) is 4.98 Å². The van der Waals surface area contributed by atoms with Crippen molar-refractivity contribution in [2.75, 3.05) is 14.2 Å². The molecule has 0 aliphatic carbocycles. The molecule has 0 atom stereocenters. The van der Waals surface area contributed by atoms with Crippen molar-refractivity contribution in [3.05, 3.63) is 95.2 Å². The number of fused-ring (bicyclic) bond motifs is 1. The second-order valence-corrected chi connectivity index (χ2v) is 9.96. The van der Waals surface area contributed by atoms with Crippen molar-refractivity contribution in [2.24, 2.45) is 0 Å². The fourth-order valence-electron chi connectivity index (χ4n) is 5.05. The zero-order valence-electron chi connectivity index (χ0n) is 23.6. The van der Waals surface area contributed by atoms with Gasteiger partial charge in [0.05, 0.1) is 38.4 Å². The molecular formula is C32H34N4O4. The van der Waals surface area contributed by atoms with Crippen LogP contribution in [0.25, 0.3) is 22.2 Å². The number of rotatable bonds is 10. The van der Waals surface area contributed by atoms with Crippen molar-refractivity contribution in [1.82, 2.24) is 19.7 Å². The molecule has 8 heteroatoms. The molecule has 40 heavy (non-hydrogen) atoms. The van der Waals surface area contributed by atoms with Gasteiger partial charge < -0.3 is 18.8 Å². The summed E-state index contributed by atoms with van der Waals surface area (Å²) in [5, 5.41) is 5.35. The van der Waals surface area contributed by atoms with Crippen LogP contribution in [0.5, 0.6) is 11.5 Å². The summed E-state index contributed by atoms with van der Waals surface area (Å²) in [4.78, 5) is 20.7. The minimum Gasteiger partial charge on any atom is -0.496 e. The monoisotopic (exact) mass is 538 g/mol. The number of carbonyl (C=O) groups excluding carboxylic acids is 1. The number of aromatic nitrogens is 3. The van der Waals surface area contributed by atoms with E-state index in [4.69, 9.17) is 18.9 Å². The summed E-state index contributed by atoms with van der Waals surface area (Å²) in [7, 11) is 3.27. The number of amides is 1. The van der Waals surface area contributed by atoms with Gasteiger partial charge in [0, 0.05) is 36.2 Å². The molecule has 2 aromatic carbocycles. The quantitative estimate of drug-likeness (QED) is 0.209. The van der Waals surface area contributed by atoms with Gasteiger partial charge in [-0.1, -0.05) is 23.8 Å². The van der Waals surface area contributed by atoms with Gasteiger partial charge in [-0.05, 0) is 68.8 Å². The average Bonchev–Trinajstić information content (AvgIpc) is 3.58. The predicted molar refractivity (Wildman–Crippen MR) is 154 cm³/mol. The minimum absolute atomic E-state index is 0.00292. The van der Waals surface area contributed by atoms with Gasteiger partial charge in [-0.3, -0.25) is 9.48 Å². The van der Waals surface area contributed by atoms with Crippen LogP contribution in [0.15, 0.2) is 71.3 Å². The highest BCUT2D eigenvalue weighted by atomic mass is 16.5. The highest BCUT2D eigenvalue weighted by Crippen LogP contribution is 2.36. The fourth-order valence-corrected chi connectivity index (χ4v) is 5.05. The number of nitrogens with zero attached hydrogens (tertiary/aromatic N) is 4. The van der Waals surface area contributed by atoms with Gasteiger partial charge in [-0.2, -0.15) is 5.10 Å². The number of benzene rings is 2. The van der Waals surface area contributed by atoms with Gasteiger partial charge in [-0.15, -0.1) is 0 Å². The van der Waals surface area contributed by atoms with E-state index in [1.807, 2.05) is 65.9 Å². The first-order valence-electron chi connectivity index (χ1n) is 13.3. The molecule has 0 aliphatic rings. The number of hydrogen-bond acceptors (Lipinski definition) is 6. The largest absolute Gasteiger partial charge is 0.496 e. The molecule has 0 N–H and O–H groups in total. The van der Waals surface area contributed by atoms with Gasteiger partial charge in [0.25, 0.3) is 0 Å². The highest BCUT2D eigenvalue weighted by molar-refractivity contribution is 5.93. The molecule has 0 spiro atoms. The lowest BCUT2D eigenvalue weighted by atomic mass is 10.0. The van der Waals surface area contributed by atoms with Crippen LogP contribution in [-0.4, -0.2) is 39.8 Å². The molecule has 3 heterocycles. The predicted octanol–water partition coefficient (Wildman–Crippen LogP) is 6.25. The molecule has 0 saturated heterocycles. The first-order chi connectivity index (χ1) is 19.4.